The molecule has 3 aliphatic heterocycles. The van der Waals surface area contributed by atoms with Gasteiger partial charge < -0.3 is 14.4 Å². The van der Waals surface area contributed by atoms with Gasteiger partial charge in [0.15, 0.2) is 0 Å². The minimum absolute atomic E-state index is 0.314. The number of amides is 1. The summed E-state index contributed by atoms with van der Waals surface area (Å²) in [5.74, 6) is 0.332. The minimum atomic E-state index is -0.403. The molecule has 1 aromatic carbocycles. The van der Waals surface area contributed by atoms with Crippen LogP contribution in [-0.2, 0) is 19.7 Å². The second-order valence-corrected chi connectivity index (χ2v) is 7.49. The zero-order valence-electron chi connectivity index (χ0n) is 14.4. The Bertz CT molecular complexity index is 568. The molecule has 0 spiro atoms. The number of hydrogen-bond donors (Lipinski definition) is 0. The van der Waals surface area contributed by atoms with Gasteiger partial charge in [0.05, 0.1) is 11.5 Å². The summed E-state index contributed by atoms with van der Waals surface area (Å²) in [5.41, 5.74) is 0.756. The molecule has 2 atom stereocenters. The molecule has 0 radical (unpaired) electrons. The van der Waals surface area contributed by atoms with E-state index >= 15 is 0 Å². The van der Waals surface area contributed by atoms with E-state index in [4.69, 9.17) is 9.47 Å². The van der Waals surface area contributed by atoms with Crippen LogP contribution in [0, 0.1) is 0 Å². The summed E-state index contributed by atoms with van der Waals surface area (Å²) in [5, 5.41) is 0. The minimum Gasteiger partial charge on any atom is -0.381 e. The molecule has 0 aliphatic carbocycles. The number of carbonyl (C=O) groups excluding carboxylic acids is 1. The number of benzene rings is 1. The van der Waals surface area contributed by atoms with Crippen molar-refractivity contribution >= 4 is 5.91 Å². The second-order valence-electron chi connectivity index (χ2n) is 7.49. The maximum absolute atomic E-state index is 13.8. The van der Waals surface area contributed by atoms with Crippen LogP contribution in [0.25, 0.3) is 0 Å². The predicted octanol–water partition coefficient (Wildman–Crippen LogP) is 2.90. The molecule has 0 aromatic heterocycles. The van der Waals surface area contributed by atoms with Gasteiger partial charge in [-0.2, -0.15) is 0 Å². The fourth-order valence-corrected chi connectivity index (χ4v) is 5.00. The second kappa shape index (κ2) is 6.49. The quantitative estimate of drug-likeness (QED) is 0.856. The Hall–Kier alpha value is -1.39. The van der Waals surface area contributed by atoms with Crippen molar-refractivity contribution in [2.75, 3.05) is 20.3 Å². The number of methoxy groups -OCH3 is 1. The van der Waals surface area contributed by atoms with Crippen molar-refractivity contribution in [1.82, 2.24) is 4.90 Å². The normalized spacial score (nSPS) is 31.9. The van der Waals surface area contributed by atoms with Crippen molar-refractivity contribution in [3.8, 4) is 0 Å². The Morgan fingerprint density at radius 1 is 1.12 bits per heavy atom. The van der Waals surface area contributed by atoms with Gasteiger partial charge in [-0.3, -0.25) is 4.79 Å². The molecule has 0 N–H and O–H groups in total. The van der Waals surface area contributed by atoms with Crippen LogP contribution in [-0.4, -0.2) is 49.3 Å². The molecule has 4 nitrogen and oxygen atoms in total. The van der Waals surface area contributed by atoms with Crippen LogP contribution in [0.15, 0.2) is 30.3 Å². The lowest BCUT2D eigenvalue weighted by molar-refractivity contribution is -0.148. The van der Waals surface area contributed by atoms with E-state index in [1.165, 1.54) is 0 Å². The number of fused-ring (bicyclic) bond motifs is 2. The van der Waals surface area contributed by atoms with E-state index in [2.05, 4.69) is 17.0 Å². The van der Waals surface area contributed by atoms with E-state index in [-0.39, 0.29) is 0 Å². The molecule has 3 aliphatic rings. The maximum atomic E-state index is 13.8. The van der Waals surface area contributed by atoms with Gasteiger partial charge in [-0.15, -0.1) is 0 Å². The first-order valence-electron chi connectivity index (χ1n) is 9.23. The van der Waals surface area contributed by atoms with Gasteiger partial charge in [0.2, 0.25) is 5.91 Å². The van der Waals surface area contributed by atoms with Crippen LogP contribution in [0.3, 0.4) is 0 Å². The molecule has 3 saturated heterocycles. The fraction of sp³-hybridized carbons (Fsp3) is 0.650. The van der Waals surface area contributed by atoms with Crippen molar-refractivity contribution in [3.05, 3.63) is 35.9 Å². The monoisotopic (exact) mass is 329 g/mol. The SMILES string of the molecule is COC1CC2CCC(C1)N2C(=O)C1(c2ccccc2)CCOCC1. The van der Waals surface area contributed by atoms with E-state index in [1.54, 1.807) is 7.11 Å². The molecule has 3 heterocycles. The molecule has 130 valence electrons. The summed E-state index contributed by atoms with van der Waals surface area (Å²) < 4.78 is 11.2. The molecule has 4 rings (SSSR count). The summed E-state index contributed by atoms with van der Waals surface area (Å²) in [6, 6.07) is 11.1. The number of nitrogens with zero attached hydrogens (tertiary/aromatic N) is 1. The molecule has 3 fully saturated rings. The number of hydrogen-bond acceptors (Lipinski definition) is 3. The lowest BCUT2D eigenvalue weighted by atomic mass is 9.72. The lowest BCUT2D eigenvalue weighted by Crippen LogP contribution is -2.56. The first-order chi connectivity index (χ1) is 11.7. The summed E-state index contributed by atoms with van der Waals surface area (Å²) in [4.78, 5) is 16.0. The number of rotatable bonds is 3. The average molecular weight is 329 g/mol. The molecule has 1 amide bonds. The Morgan fingerprint density at radius 2 is 1.75 bits per heavy atom. The highest BCUT2D eigenvalue weighted by molar-refractivity contribution is 5.89. The molecule has 1 aromatic rings. The van der Waals surface area contributed by atoms with E-state index in [9.17, 15) is 4.79 Å². The highest BCUT2D eigenvalue weighted by Crippen LogP contribution is 2.43. The van der Waals surface area contributed by atoms with Crippen LogP contribution >= 0.6 is 0 Å². The van der Waals surface area contributed by atoms with Gasteiger partial charge in [-0.25, -0.2) is 0 Å². The summed E-state index contributed by atoms with van der Waals surface area (Å²) in [7, 11) is 1.80. The Kier molecular flexibility index (Phi) is 4.35. The first kappa shape index (κ1) is 16.1. The summed E-state index contributed by atoms with van der Waals surface area (Å²) >= 11 is 0. The number of carbonyl (C=O) groups is 1. The highest BCUT2D eigenvalue weighted by Gasteiger charge is 2.51. The molecule has 4 heteroatoms. The number of ether oxygens (including phenoxy) is 2. The molecule has 2 bridgehead atoms. The van der Waals surface area contributed by atoms with Gasteiger partial charge in [0, 0.05) is 32.4 Å². The van der Waals surface area contributed by atoms with Crippen molar-refractivity contribution in [3.63, 3.8) is 0 Å². The van der Waals surface area contributed by atoms with Gasteiger partial charge in [-0.05, 0) is 44.1 Å². The highest BCUT2D eigenvalue weighted by atomic mass is 16.5. The Balaban J connectivity index is 1.66. The van der Waals surface area contributed by atoms with E-state index in [0.29, 0.717) is 37.3 Å². The third-order valence-electron chi connectivity index (χ3n) is 6.34. The van der Waals surface area contributed by atoms with Crippen LogP contribution in [0.4, 0.5) is 0 Å². The van der Waals surface area contributed by atoms with Gasteiger partial charge in [-0.1, -0.05) is 30.3 Å². The van der Waals surface area contributed by atoms with Crippen LogP contribution < -0.4 is 0 Å². The summed E-state index contributed by atoms with van der Waals surface area (Å²) in [6.07, 6.45) is 6.11. The van der Waals surface area contributed by atoms with E-state index in [0.717, 1.165) is 44.1 Å². The number of piperidine rings is 1. The van der Waals surface area contributed by atoms with Crippen molar-refractivity contribution in [2.24, 2.45) is 0 Å². The largest absolute Gasteiger partial charge is 0.381 e. The van der Waals surface area contributed by atoms with Gasteiger partial charge in [0.25, 0.3) is 0 Å². The van der Waals surface area contributed by atoms with Gasteiger partial charge >= 0.3 is 0 Å². The molecular weight excluding hydrogens is 302 g/mol. The van der Waals surface area contributed by atoms with E-state index < -0.39 is 5.41 Å². The molecule has 2 unspecified atom stereocenters. The maximum Gasteiger partial charge on any atom is 0.233 e. The summed E-state index contributed by atoms with van der Waals surface area (Å²) in [6.45, 7) is 1.34. The molecule has 0 saturated carbocycles. The van der Waals surface area contributed by atoms with Crippen molar-refractivity contribution < 1.29 is 14.3 Å². The zero-order chi connectivity index (χ0) is 16.6. The smallest absolute Gasteiger partial charge is 0.233 e. The third kappa shape index (κ3) is 2.56. The predicted molar refractivity (Wildman–Crippen MR) is 91.9 cm³/mol. The van der Waals surface area contributed by atoms with Crippen molar-refractivity contribution in [2.45, 2.75) is 62.1 Å². The van der Waals surface area contributed by atoms with Gasteiger partial charge in [0.1, 0.15) is 0 Å². The van der Waals surface area contributed by atoms with Crippen LogP contribution in [0.5, 0.6) is 0 Å². The topological polar surface area (TPSA) is 38.8 Å². The van der Waals surface area contributed by atoms with Crippen molar-refractivity contribution in [1.29, 1.82) is 0 Å². The van der Waals surface area contributed by atoms with Crippen LogP contribution in [0.1, 0.15) is 44.1 Å². The zero-order valence-corrected chi connectivity index (χ0v) is 14.4. The Morgan fingerprint density at radius 3 is 2.33 bits per heavy atom. The van der Waals surface area contributed by atoms with E-state index in [1.807, 2.05) is 18.2 Å². The molecule has 24 heavy (non-hydrogen) atoms. The standard InChI is InChI=1S/C20H27NO3/c1-23-18-13-16-7-8-17(14-18)21(16)19(22)20(9-11-24-12-10-20)15-5-3-2-4-6-15/h2-6,16-18H,7-14H2,1H3. The average Bonchev–Trinajstić information content (AvgIpc) is 2.91. The fourth-order valence-electron chi connectivity index (χ4n) is 5.00. The Labute approximate surface area is 144 Å². The lowest BCUT2D eigenvalue weighted by Gasteiger charge is -2.45. The first-order valence-corrected chi connectivity index (χ1v) is 9.23. The molecular formula is C20H27NO3. The third-order valence-corrected chi connectivity index (χ3v) is 6.34. The van der Waals surface area contributed by atoms with Crippen LogP contribution in [0.2, 0.25) is 0 Å².